The largest absolute Gasteiger partial charge is 0.465 e. The molecule has 0 rings (SSSR count). The molecule has 0 aromatic heterocycles. The van der Waals surface area contributed by atoms with E-state index < -0.39 is 11.4 Å². The first-order valence-electron chi connectivity index (χ1n) is 6.60. The van der Waals surface area contributed by atoms with Gasteiger partial charge in [0.15, 0.2) is 5.78 Å². The number of carbonyl (C=O) groups excluding carboxylic acids is 2. The monoisotopic (exact) mass is 258 g/mol. The van der Waals surface area contributed by atoms with Gasteiger partial charge in [0.25, 0.3) is 0 Å². The summed E-state index contributed by atoms with van der Waals surface area (Å²) < 4.78 is 10.2. The predicted octanol–water partition coefficient (Wildman–Crippen LogP) is 2.60. The summed E-state index contributed by atoms with van der Waals surface area (Å²) in [7, 11) is 0. The van der Waals surface area contributed by atoms with E-state index >= 15 is 0 Å². The number of esters is 1. The highest BCUT2D eigenvalue weighted by molar-refractivity contribution is 6.03. The topological polar surface area (TPSA) is 52.6 Å². The summed E-state index contributed by atoms with van der Waals surface area (Å²) in [5.74, 6) is -0.0773. The summed E-state index contributed by atoms with van der Waals surface area (Å²) in [5.41, 5.74) is -1.12. The summed E-state index contributed by atoms with van der Waals surface area (Å²) in [6.07, 6.45) is 2.01. The molecule has 0 radical (unpaired) electrons. The van der Waals surface area contributed by atoms with Gasteiger partial charge in [0.05, 0.1) is 6.61 Å². The van der Waals surface area contributed by atoms with Gasteiger partial charge in [0.2, 0.25) is 0 Å². The van der Waals surface area contributed by atoms with E-state index in [1.165, 1.54) is 0 Å². The molecule has 0 amide bonds. The maximum atomic E-state index is 11.9. The fraction of sp³-hybridized carbons (Fsp3) is 0.857. The molecule has 0 aliphatic heterocycles. The standard InChI is InChI=1S/C14H26O4/c1-6-18-13(16)14(4,5)12(15)10-17-9-7-8-11(2)3/h11H,6-10H2,1-5H3. The maximum Gasteiger partial charge on any atom is 0.319 e. The molecule has 18 heavy (non-hydrogen) atoms. The van der Waals surface area contributed by atoms with Crippen LogP contribution in [0, 0.1) is 11.3 Å². The summed E-state index contributed by atoms with van der Waals surface area (Å²) >= 11 is 0. The lowest BCUT2D eigenvalue weighted by molar-refractivity contribution is -0.159. The normalized spacial score (nSPS) is 11.7. The molecule has 0 unspecified atom stereocenters. The first-order chi connectivity index (χ1) is 8.32. The van der Waals surface area contributed by atoms with Crippen LogP contribution in [0.5, 0.6) is 0 Å². The van der Waals surface area contributed by atoms with E-state index in [1.54, 1.807) is 20.8 Å². The average Bonchev–Trinajstić information content (AvgIpc) is 2.28. The van der Waals surface area contributed by atoms with Crippen LogP contribution in [0.4, 0.5) is 0 Å². The average molecular weight is 258 g/mol. The molecule has 4 heteroatoms. The Labute approximate surface area is 110 Å². The second kappa shape index (κ2) is 8.25. The highest BCUT2D eigenvalue weighted by atomic mass is 16.5. The van der Waals surface area contributed by atoms with Crippen LogP contribution in [0.25, 0.3) is 0 Å². The zero-order chi connectivity index (χ0) is 14.2. The van der Waals surface area contributed by atoms with Crippen molar-refractivity contribution in [3.63, 3.8) is 0 Å². The van der Waals surface area contributed by atoms with Crippen LogP contribution >= 0.6 is 0 Å². The molecular formula is C14H26O4. The zero-order valence-electron chi connectivity index (χ0n) is 12.2. The predicted molar refractivity (Wildman–Crippen MR) is 70.3 cm³/mol. The van der Waals surface area contributed by atoms with Gasteiger partial charge in [0.1, 0.15) is 12.0 Å². The molecule has 0 saturated heterocycles. The Kier molecular flexibility index (Phi) is 7.83. The van der Waals surface area contributed by atoms with Gasteiger partial charge < -0.3 is 9.47 Å². The molecule has 0 aliphatic carbocycles. The van der Waals surface area contributed by atoms with E-state index in [-0.39, 0.29) is 19.0 Å². The number of carbonyl (C=O) groups is 2. The van der Waals surface area contributed by atoms with Gasteiger partial charge in [-0.15, -0.1) is 0 Å². The zero-order valence-corrected chi connectivity index (χ0v) is 12.2. The minimum atomic E-state index is -1.12. The van der Waals surface area contributed by atoms with Gasteiger partial charge >= 0.3 is 5.97 Å². The molecule has 0 saturated carbocycles. The SMILES string of the molecule is CCOC(=O)C(C)(C)C(=O)COCCCC(C)C. The van der Waals surface area contributed by atoms with Crippen molar-refractivity contribution in [1.29, 1.82) is 0 Å². The quantitative estimate of drug-likeness (QED) is 0.362. The Hall–Kier alpha value is -0.900. The second-order valence-corrected chi connectivity index (χ2v) is 5.36. The third-order valence-electron chi connectivity index (χ3n) is 2.79. The van der Waals surface area contributed by atoms with Crippen molar-refractivity contribution in [3.05, 3.63) is 0 Å². The smallest absolute Gasteiger partial charge is 0.319 e. The number of hydrogen-bond donors (Lipinski definition) is 0. The number of ether oxygens (including phenoxy) is 2. The van der Waals surface area contributed by atoms with Gasteiger partial charge in [-0.1, -0.05) is 13.8 Å². The lowest BCUT2D eigenvalue weighted by atomic mass is 9.88. The van der Waals surface area contributed by atoms with E-state index in [4.69, 9.17) is 9.47 Å². The summed E-state index contributed by atoms with van der Waals surface area (Å²) in [5, 5.41) is 0. The Bertz CT molecular complexity index is 269. The Morgan fingerprint density at radius 2 is 1.83 bits per heavy atom. The first kappa shape index (κ1) is 17.1. The highest BCUT2D eigenvalue weighted by Gasteiger charge is 2.37. The number of Topliss-reactive ketones (excluding diaryl/α,β-unsaturated/α-hetero) is 1. The molecule has 0 aromatic carbocycles. The van der Waals surface area contributed by atoms with Crippen molar-refractivity contribution in [2.45, 2.75) is 47.5 Å². The van der Waals surface area contributed by atoms with Crippen LogP contribution in [-0.4, -0.2) is 31.6 Å². The van der Waals surface area contributed by atoms with Crippen LogP contribution in [0.2, 0.25) is 0 Å². The molecule has 0 bridgehead atoms. The van der Waals surface area contributed by atoms with E-state index in [0.717, 1.165) is 12.8 Å². The fourth-order valence-electron chi connectivity index (χ4n) is 1.36. The summed E-state index contributed by atoms with van der Waals surface area (Å²) in [6, 6.07) is 0. The summed E-state index contributed by atoms with van der Waals surface area (Å²) in [4.78, 5) is 23.4. The van der Waals surface area contributed by atoms with Gasteiger partial charge in [-0.25, -0.2) is 0 Å². The Morgan fingerprint density at radius 1 is 1.22 bits per heavy atom. The van der Waals surface area contributed by atoms with Gasteiger partial charge in [0, 0.05) is 6.61 Å². The molecule has 0 spiro atoms. The minimum absolute atomic E-state index is 0.0239. The second-order valence-electron chi connectivity index (χ2n) is 5.36. The molecule has 0 N–H and O–H groups in total. The third-order valence-corrected chi connectivity index (χ3v) is 2.79. The van der Waals surface area contributed by atoms with Crippen molar-refractivity contribution in [3.8, 4) is 0 Å². The lowest BCUT2D eigenvalue weighted by Crippen LogP contribution is -2.37. The van der Waals surface area contributed by atoms with Crippen molar-refractivity contribution >= 4 is 11.8 Å². The van der Waals surface area contributed by atoms with Crippen molar-refractivity contribution in [1.82, 2.24) is 0 Å². The summed E-state index contributed by atoms with van der Waals surface area (Å²) in [6.45, 7) is 9.98. The number of rotatable bonds is 9. The first-order valence-corrected chi connectivity index (χ1v) is 6.60. The third kappa shape index (κ3) is 6.15. The number of hydrogen-bond acceptors (Lipinski definition) is 4. The van der Waals surface area contributed by atoms with E-state index in [2.05, 4.69) is 13.8 Å². The molecule has 0 heterocycles. The van der Waals surface area contributed by atoms with Crippen LogP contribution < -0.4 is 0 Å². The number of ketones is 1. The lowest BCUT2D eigenvalue weighted by Gasteiger charge is -2.20. The highest BCUT2D eigenvalue weighted by Crippen LogP contribution is 2.19. The van der Waals surface area contributed by atoms with Crippen LogP contribution in [0.15, 0.2) is 0 Å². The Balaban J connectivity index is 3.97. The van der Waals surface area contributed by atoms with E-state index in [1.807, 2.05) is 0 Å². The van der Waals surface area contributed by atoms with Gasteiger partial charge in [-0.2, -0.15) is 0 Å². The van der Waals surface area contributed by atoms with Crippen molar-refractivity contribution < 1.29 is 19.1 Å². The molecule has 0 fully saturated rings. The molecule has 0 atom stereocenters. The Morgan fingerprint density at radius 3 is 2.33 bits per heavy atom. The van der Waals surface area contributed by atoms with Crippen molar-refractivity contribution in [2.24, 2.45) is 11.3 Å². The minimum Gasteiger partial charge on any atom is -0.465 e. The van der Waals surface area contributed by atoms with E-state index in [0.29, 0.717) is 12.5 Å². The van der Waals surface area contributed by atoms with Crippen LogP contribution in [0.1, 0.15) is 47.5 Å². The fourth-order valence-corrected chi connectivity index (χ4v) is 1.36. The molecule has 0 aliphatic rings. The van der Waals surface area contributed by atoms with Gasteiger partial charge in [-0.05, 0) is 39.5 Å². The van der Waals surface area contributed by atoms with Crippen LogP contribution in [-0.2, 0) is 19.1 Å². The van der Waals surface area contributed by atoms with Crippen LogP contribution in [0.3, 0.4) is 0 Å². The molecule has 106 valence electrons. The van der Waals surface area contributed by atoms with Crippen molar-refractivity contribution in [2.75, 3.05) is 19.8 Å². The molecule has 4 nitrogen and oxygen atoms in total. The molecular weight excluding hydrogens is 232 g/mol. The van der Waals surface area contributed by atoms with Gasteiger partial charge in [-0.3, -0.25) is 9.59 Å². The molecule has 0 aromatic rings. The maximum absolute atomic E-state index is 11.9. The van der Waals surface area contributed by atoms with E-state index in [9.17, 15) is 9.59 Å².